The van der Waals surface area contributed by atoms with E-state index in [0.717, 1.165) is 12.8 Å². The van der Waals surface area contributed by atoms with Gasteiger partial charge in [0.25, 0.3) is 0 Å². The fraction of sp³-hybridized carbons (Fsp3) is 0.800. The van der Waals surface area contributed by atoms with Gasteiger partial charge in [0.1, 0.15) is 6.10 Å². The Morgan fingerprint density at radius 3 is 2.71 bits per heavy atom. The molecule has 0 spiro atoms. The van der Waals surface area contributed by atoms with Crippen LogP contribution in [0.5, 0.6) is 0 Å². The lowest BCUT2D eigenvalue weighted by Crippen LogP contribution is -2.33. The lowest BCUT2D eigenvalue weighted by atomic mass is 9.82. The zero-order valence-corrected chi connectivity index (χ0v) is 13.6. The molecule has 0 amide bonds. The Labute approximate surface area is 131 Å². The van der Waals surface area contributed by atoms with Gasteiger partial charge in [0.05, 0.1) is 36.2 Å². The van der Waals surface area contributed by atoms with Crippen molar-refractivity contribution in [2.24, 2.45) is 5.92 Å². The molecular formula is C15H25ClN2O3. The van der Waals surface area contributed by atoms with Crippen molar-refractivity contribution in [3.63, 3.8) is 0 Å². The predicted molar refractivity (Wildman–Crippen MR) is 81.4 cm³/mol. The Kier molecular flexibility index (Phi) is 6.48. The van der Waals surface area contributed by atoms with Gasteiger partial charge in [-0.3, -0.25) is 4.68 Å². The van der Waals surface area contributed by atoms with Gasteiger partial charge in [-0.2, -0.15) is 5.10 Å². The lowest BCUT2D eigenvalue weighted by molar-refractivity contribution is -0.0594. The second kappa shape index (κ2) is 8.13. The minimum Gasteiger partial charge on any atom is -0.384 e. The highest BCUT2D eigenvalue weighted by molar-refractivity contribution is 6.31. The van der Waals surface area contributed by atoms with Gasteiger partial charge >= 0.3 is 0 Å². The van der Waals surface area contributed by atoms with Crippen molar-refractivity contribution < 1.29 is 14.6 Å². The maximum absolute atomic E-state index is 10.8. The average molecular weight is 317 g/mol. The summed E-state index contributed by atoms with van der Waals surface area (Å²) in [5.41, 5.74) is 0.631. The molecule has 2 unspecified atom stereocenters. The standard InChI is InChI=1S/C15H25ClN2O3/c1-20-9-8-18-13(12(16)10-17-18)14(19)15(21-2)11-6-4-3-5-7-11/h10-11,14-15,19H,3-9H2,1-2H3. The van der Waals surface area contributed by atoms with E-state index in [9.17, 15) is 5.11 Å². The molecule has 1 fully saturated rings. The fourth-order valence-corrected chi connectivity index (χ4v) is 3.47. The third kappa shape index (κ3) is 3.97. The molecule has 2 rings (SSSR count). The highest BCUT2D eigenvalue weighted by Gasteiger charge is 2.33. The minimum atomic E-state index is -0.759. The van der Waals surface area contributed by atoms with Crippen molar-refractivity contribution in [1.82, 2.24) is 9.78 Å². The van der Waals surface area contributed by atoms with Crippen LogP contribution in [0.2, 0.25) is 5.02 Å². The molecule has 2 atom stereocenters. The molecule has 0 aromatic carbocycles. The van der Waals surface area contributed by atoms with E-state index in [1.165, 1.54) is 19.3 Å². The normalized spacial score (nSPS) is 19.6. The second-order valence-corrected chi connectivity index (χ2v) is 6.04. The molecule has 0 saturated heterocycles. The van der Waals surface area contributed by atoms with Crippen molar-refractivity contribution in [2.45, 2.75) is 50.9 Å². The molecule has 0 radical (unpaired) electrons. The number of hydrogen-bond donors (Lipinski definition) is 1. The first-order valence-corrected chi connectivity index (χ1v) is 7.97. The summed E-state index contributed by atoms with van der Waals surface area (Å²) >= 11 is 6.22. The van der Waals surface area contributed by atoms with E-state index in [2.05, 4.69) is 5.10 Å². The minimum absolute atomic E-state index is 0.235. The van der Waals surface area contributed by atoms with E-state index in [0.29, 0.717) is 29.8 Å². The summed E-state index contributed by atoms with van der Waals surface area (Å²) in [5.74, 6) is 0.376. The smallest absolute Gasteiger partial charge is 0.123 e. The highest BCUT2D eigenvalue weighted by Crippen LogP contribution is 2.36. The van der Waals surface area contributed by atoms with Crippen molar-refractivity contribution in [3.8, 4) is 0 Å². The van der Waals surface area contributed by atoms with Crippen LogP contribution in [0.25, 0.3) is 0 Å². The van der Waals surface area contributed by atoms with E-state index in [1.807, 2.05) is 0 Å². The predicted octanol–water partition coefficient (Wildman–Crippen LogP) is 2.81. The van der Waals surface area contributed by atoms with Gasteiger partial charge in [0.15, 0.2) is 0 Å². The number of methoxy groups -OCH3 is 2. The van der Waals surface area contributed by atoms with E-state index in [4.69, 9.17) is 21.1 Å². The molecular weight excluding hydrogens is 292 g/mol. The molecule has 1 aliphatic rings. The van der Waals surface area contributed by atoms with Crippen LogP contribution >= 0.6 is 11.6 Å². The number of ether oxygens (including phenoxy) is 2. The zero-order valence-electron chi connectivity index (χ0n) is 12.8. The summed E-state index contributed by atoms with van der Waals surface area (Å²) in [6.07, 6.45) is 6.45. The van der Waals surface area contributed by atoms with Gasteiger partial charge in [-0.25, -0.2) is 0 Å². The van der Waals surface area contributed by atoms with Crippen molar-refractivity contribution >= 4 is 11.6 Å². The van der Waals surface area contributed by atoms with Gasteiger partial charge in [0, 0.05) is 14.2 Å². The molecule has 1 saturated carbocycles. The molecule has 21 heavy (non-hydrogen) atoms. The Morgan fingerprint density at radius 1 is 1.38 bits per heavy atom. The number of rotatable bonds is 7. The van der Waals surface area contributed by atoms with E-state index < -0.39 is 6.10 Å². The number of aliphatic hydroxyl groups is 1. The second-order valence-electron chi connectivity index (χ2n) is 5.64. The Balaban J connectivity index is 2.16. The van der Waals surface area contributed by atoms with Crippen LogP contribution in [-0.2, 0) is 16.0 Å². The maximum atomic E-state index is 10.8. The summed E-state index contributed by atoms with van der Waals surface area (Å²) in [6.45, 7) is 1.09. The molecule has 1 aromatic rings. The first kappa shape index (κ1) is 16.7. The summed E-state index contributed by atoms with van der Waals surface area (Å²) < 4.78 is 12.4. The third-order valence-corrected chi connectivity index (χ3v) is 4.61. The number of halogens is 1. The Hall–Kier alpha value is -0.620. The molecule has 6 heteroatoms. The van der Waals surface area contributed by atoms with Crippen LogP contribution in [0.15, 0.2) is 6.20 Å². The zero-order chi connectivity index (χ0) is 15.2. The van der Waals surface area contributed by atoms with Gasteiger partial charge in [-0.05, 0) is 18.8 Å². The highest BCUT2D eigenvalue weighted by atomic mass is 35.5. The SMILES string of the molecule is COCCn1ncc(Cl)c1C(O)C(OC)C1CCCCC1. The molecule has 1 aliphatic carbocycles. The van der Waals surface area contributed by atoms with Gasteiger partial charge in [-0.15, -0.1) is 0 Å². The Bertz CT molecular complexity index is 433. The summed E-state index contributed by atoms with van der Waals surface area (Å²) in [5, 5.41) is 15.5. The topological polar surface area (TPSA) is 56.5 Å². The monoisotopic (exact) mass is 316 g/mol. The lowest BCUT2D eigenvalue weighted by Gasteiger charge is -2.32. The van der Waals surface area contributed by atoms with Crippen LogP contribution < -0.4 is 0 Å². The molecule has 0 aliphatic heterocycles. The van der Waals surface area contributed by atoms with E-state index >= 15 is 0 Å². The largest absolute Gasteiger partial charge is 0.384 e. The number of aromatic nitrogens is 2. The molecule has 1 heterocycles. The summed E-state index contributed by atoms with van der Waals surface area (Å²) in [7, 11) is 3.30. The molecule has 5 nitrogen and oxygen atoms in total. The molecule has 1 aromatic heterocycles. The summed E-state index contributed by atoms with van der Waals surface area (Å²) in [6, 6.07) is 0. The Morgan fingerprint density at radius 2 is 2.10 bits per heavy atom. The number of hydrogen-bond acceptors (Lipinski definition) is 4. The molecule has 120 valence electrons. The third-order valence-electron chi connectivity index (χ3n) is 4.32. The fourth-order valence-electron chi connectivity index (χ4n) is 3.22. The van der Waals surface area contributed by atoms with Gasteiger partial charge in [-0.1, -0.05) is 30.9 Å². The van der Waals surface area contributed by atoms with Crippen molar-refractivity contribution in [2.75, 3.05) is 20.8 Å². The molecule has 1 N–H and O–H groups in total. The van der Waals surface area contributed by atoms with Crippen LogP contribution in [0.3, 0.4) is 0 Å². The van der Waals surface area contributed by atoms with Crippen LogP contribution in [0.1, 0.15) is 43.9 Å². The maximum Gasteiger partial charge on any atom is 0.123 e. The van der Waals surface area contributed by atoms with Crippen LogP contribution in [-0.4, -0.2) is 41.8 Å². The first-order valence-electron chi connectivity index (χ1n) is 7.60. The van der Waals surface area contributed by atoms with Gasteiger partial charge < -0.3 is 14.6 Å². The van der Waals surface area contributed by atoms with Crippen LogP contribution in [0.4, 0.5) is 0 Å². The van der Waals surface area contributed by atoms with Crippen molar-refractivity contribution in [1.29, 1.82) is 0 Å². The average Bonchev–Trinajstić information content (AvgIpc) is 2.87. The number of aliphatic hydroxyl groups excluding tert-OH is 1. The quantitative estimate of drug-likeness (QED) is 0.840. The van der Waals surface area contributed by atoms with E-state index in [-0.39, 0.29) is 6.10 Å². The summed E-state index contributed by atoms with van der Waals surface area (Å²) in [4.78, 5) is 0. The first-order chi connectivity index (χ1) is 10.2. The number of nitrogens with zero attached hydrogens (tertiary/aromatic N) is 2. The van der Waals surface area contributed by atoms with Crippen molar-refractivity contribution in [3.05, 3.63) is 16.9 Å². The van der Waals surface area contributed by atoms with Gasteiger partial charge in [0.2, 0.25) is 0 Å². The van der Waals surface area contributed by atoms with E-state index in [1.54, 1.807) is 25.1 Å². The van der Waals surface area contributed by atoms with Crippen LogP contribution in [0, 0.1) is 5.92 Å². The molecule has 0 bridgehead atoms.